The highest BCUT2D eigenvalue weighted by Gasteiger charge is 2.29. The van der Waals surface area contributed by atoms with Gasteiger partial charge in [0.2, 0.25) is 5.91 Å². The minimum absolute atomic E-state index is 0.110. The second kappa shape index (κ2) is 5.34. The number of rotatable bonds is 4. The number of carboxylic acids is 1. The summed E-state index contributed by atoms with van der Waals surface area (Å²) in [6, 6.07) is 0. The Balaban J connectivity index is 2.55. The Morgan fingerprint density at radius 2 is 1.71 bits per heavy atom. The Labute approximate surface area is 102 Å². The van der Waals surface area contributed by atoms with Gasteiger partial charge in [-0.1, -0.05) is 19.8 Å². The molecule has 0 aromatic carbocycles. The summed E-state index contributed by atoms with van der Waals surface area (Å²) in [5, 5.41) is 11.6. The predicted molar refractivity (Wildman–Crippen MR) is 65.6 cm³/mol. The van der Waals surface area contributed by atoms with E-state index in [0.29, 0.717) is 12.1 Å². The molecule has 2 N–H and O–H groups in total. The van der Waals surface area contributed by atoms with Gasteiger partial charge in [-0.05, 0) is 32.1 Å². The first-order valence-corrected chi connectivity index (χ1v) is 6.05. The SMILES string of the molecule is CC(C(=O)O)=C(C)C(=O)NCC1(C)CCCC1. The van der Waals surface area contributed by atoms with Gasteiger partial charge in [-0.2, -0.15) is 0 Å². The number of nitrogens with one attached hydrogen (secondary N) is 1. The molecule has 0 aliphatic heterocycles. The molecule has 0 spiro atoms. The van der Waals surface area contributed by atoms with E-state index in [2.05, 4.69) is 12.2 Å². The van der Waals surface area contributed by atoms with Crippen LogP contribution in [0.1, 0.15) is 46.5 Å². The predicted octanol–water partition coefficient (Wildman–Crippen LogP) is 2.10. The van der Waals surface area contributed by atoms with Crippen molar-refractivity contribution in [2.24, 2.45) is 5.41 Å². The molecule has 0 saturated heterocycles. The first-order valence-electron chi connectivity index (χ1n) is 6.05. The highest BCUT2D eigenvalue weighted by Crippen LogP contribution is 2.36. The van der Waals surface area contributed by atoms with Gasteiger partial charge < -0.3 is 10.4 Å². The molecule has 0 radical (unpaired) electrons. The summed E-state index contributed by atoms with van der Waals surface area (Å²) in [5.74, 6) is -1.30. The van der Waals surface area contributed by atoms with Gasteiger partial charge in [0.05, 0.1) is 0 Å². The lowest BCUT2D eigenvalue weighted by Crippen LogP contribution is -2.35. The summed E-state index contributed by atoms with van der Waals surface area (Å²) in [5.41, 5.74) is 0.589. The van der Waals surface area contributed by atoms with Crippen LogP contribution in [0.3, 0.4) is 0 Å². The highest BCUT2D eigenvalue weighted by molar-refractivity contribution is 6.01. The molecule has 1 amide bonds. The number of carbonyl (C=O) groups excluding carboxylic acids is 1. The summed E-state index contributed by atoms with van der Waals surface area (Å²) < 4.78 is 0. The van der Waals surface area contributed by atoms with Crippen LogP contribution >= 0.6 is 0 Å². The highest BCUT2D eigenvalue weighted by atomic mass is 16.4. The zero-order valence-electron chi connectivity index (χ0n) is 10.8. The molecule has 1 fully saturated rings. The molecule has 1 aliphatic rings. The van der Waals surface area contributed by atoms with Gasteiger partial charge >= 0.3 is 5.97 Å². The molecular formula is C13H21NO3. The van der Waals surface area contributed by atoms with E-state index >= 15 is 0 Å². The van der Waals surface area contributed by atoms with Gasteiger partial charge in [-0.3, -0.25) is 4.79 Å². The Hall–Kier alpha value is -1.32. The quantitative estimate of drug-likeness (QED) is 0.738. The number of hydrogen-bond donors (Lipinski definition) is 2. The van der Waals surface area contributed by atoms with Gasteiger partial charge in [0.1, 0.15) is 0 Å². The summed E-state index contributed by atoms with van der Waals surface area (Å²) in [6.45, 7) is 5.81. The maximum absolute atomic E-state index is 11.8. The first kappa shape index (κ1) is 13.7. The molecule has 1 rings (SSSR count). The van der Waals surface area contributed by atoms with Gasteiger partial charge in [0.25, 0.3) is 0 Å². The molecule has 0 aromatic rings. The van der Waals surface area contributed by atoms with Crippen molar-refractivity contribution in [3.05, 3.63) is 11.1 Å². The zero-order valence-corrected chi connectivity index (χ0v) is 10.8. The smallest absolute Gasteiger partial charge is 0.331 e. The van der Waals surface area contributed by atoms with Crippen molar-refractivity contribution in [2.75, 3.05) is 6.54 Å². The third-order valence-electron chi connectivity index (χ3n) is 3.71. The lowest BCUT2D eigenvalue weighted by molar-refractivity contribution is -0.133. The minimum atomic E-state index is -1.04. The fourth-order valence-electron chi connectivity index (χ4n) is 2.16. The molecule has 1 saturated carbocycles. The number of amides is 1. The van der Waals surface area contributed by atoms with Crippen LogP contribution in [0.2, 0.25) is 0 Å². The Bertz CT molecular complexity index is 352. The van der Waals surface area contributed by atoms with E-state index in [0.717, 1.165) is 12.8 Å². The summed E-state index contributed by atoms with van der Waals surface area (Å²) in [6.07, 6.45) is 4.70. The first-order chi connectivity index (χ1) is 7.86. The molecule has 0 heterocycles. The van der Waals surface area contributed by atoms with E-state index in [1.165, 1.54) is 19.8 Å². The summed E-state index contributed by atoms with van der Waals surface area (Å²) in [7, 11) is 0. The lowest BCUT2D eigenvalue weighted by atomic mass is 9.89. The third kappa shape index (κ3) is 3.58. The molecule has 0 unspecified atom stereocenters. The van der Waals surface area contributed by atoms with E-state index in [1.54, 1.807) is 6.92 Å². The lowest BCUT2D eigenvalue weighted by Gasteiger charge is -2.23. The number of carboxylic acid groups (broad SMARTS) is 1. The van der Waals surface area contributed by atoms with Crippen LogP contribution in [0.25, 0.3) is 0 Å². The summed E-state index contributed by atoms with van der Waals surface area (Å²) >= 11 is 0. The van der Waals surface area contributed by atoms with Crippen LogP contribution in [0.15, 0.2) is 11.1 Å². The monoisotopic (exact) mass is 239 g/mol. The fourth-order valence-corrected chi connectivity index (χ4v) is 2.16. The standard InChI is InChI=1S/C13H21NO3/c1-9(10(2)12(16)17)11(15)14-8-13(3)6-4-5-7-13/h4-8H2,1-3H3,(H,14,15)(H,16,17). The van der Waals surface area contributed by atoms with Crippen LogP contribution < -0.4 is 5.32 Å². The molecule has 4 heteroatoms. The van der Waals surface area contributed by atoms with Crippen LogP contribution in [0, 0.1) is 5.41 Å². The van der Waals surface area contributed by atoms with Crippen molar-refractivity contribution < 1.29 is 14.7 Å². The summed E-state index contributed by atoms with van der Waals surface area (Å²) in [4.78, 5) is 22.5. The van der Waals surface area contributed by atoms with Crippen molar-refractivity contribution in [1.82, 2.24) is 5.32 Å². The Kier molecular flexibility index (Phi) is 4.32. The van der Waals surface area contributed by atoms with E-state index in [4.69, 9.17) is 5.11 Å². The van der Waals surface area contributed by atoms with Crippen molar-refractivity contribution in [3.63, 3.8) is 0 Å². The molecule has 96 valence electrons. The Morgan fingerprint density at radius 1 is 1.18 bits per heavy atom. The van der Waals surface area contributed by atoms with Gasteiger partial charge in [0.15, 0.2) is 0 Å². The van der Waals surface area contributed by atoms with Crippen molar-refractivity contribution >= 4 is 11.9 Å². The maximum Gasteiger partial charge on any atom is 0.331 e. The zero-order chi connectivity index (χ0) is 13.1. The van der Waals surface area contributed by atoms with E-state index < -0.39 is 5.97 Å². The van der Waals surface area contributed by atoms with Crippen molar-refractivity contribution in [3.8, 4) is 0 Å². The minimum Gasteiger partial charge on any atom is -0.478 e. The number of carbonyl (C=O) groups is 2. The number of hydrogen-bond acceptors (Lipinski definition) is 2. The van der Waals surface area contributed by atoms with Crippen LogP contribution in [-0.2, 0) is 9.59 Å². The van der Waals surface area contributed by atoms with Crippen molar-refractivity contribution in [2.45, 2.75) is 46.5 Å². The van der Waals surface area contributed by atoms with Gasteiger partial charge in [-0.25, -0.2) is 4.79 Å². The van der Waals surface area contributed by atoms with Gasteiger partial charge in [-0.15, -0.1) is 0 Å². The molecular weight excluding hydrogens is 218 g/mol. The molecule has 17 heavy (non-hydrogen) atoms. The number of aliphatic carboxylic acids is 1. The van der Waals surface area contributed by atoms with E-state index in [-0.39, 0.29) is 16.9 Å². The van der Waals surface area contributed by atoms with E-state index in [1.807, 2.05) is 0 Å². The van der Waals surface area contributed by atoms with E-state index in [9.17, 15) is 9.59 Å². The fraction of sp³-hybridized carbons (Fsp3) is 0.692. The average molecular weight is 239 g/mol. The molecule has 0 aromatic heterocycles. The van der Waals surface area contributed by atoms with Crippen molar-refractivity contribution in [1.29, 1.82) is 0 Å². The largest absolute Gasteiger partial charge is 0.478 e. The van der Waals surface area contributed by atoms with Gasteiger partial charge in [0, 0.05) is 17.7 Å². The van der Waals surface area contributed by atoms with Crippen LogP contribution in [0.5, 0.6) is 0 Å². The van der Waals surface area contributed by atoms with Crippen LogP contribution in [-0.4, -0.2) is 23.5 Å². The molecule has 0 bridgehead atoms. The second-order valence-electron chi connectivity index (χ2n) is 5.26. The third-order valence-corrected chi connectivity index (χ3v) is 3.71. The maximum atomic E-state index is 11.8. The molecule has 0 atom stereocenters. The second-order valence-corrected chi connectivity index (χ2v) is 5.26. The van der Waals surface area contributed by atoms with Crippen LogP contribution in [0.4, 0.5) is 0 Å². The normalized spacial score (nSPS) is 19.7. The average Bonchev–Trinajstić information content (AvgIpc) is 2.71. The Morgan fingerprint density at radius 3 is 2.18 bits per heavy atom. The topological polar surface area (TPSA) is 66.4 Å². The molecule has 4 nitrogen and oxygen atoms in total. The molecule has 1 aliphatic carbocycles.